The van der Waals surface area contributed by atoms with Gasteiger partial charge in [-0.1, -0.05) is 11.6 Å². The first kappa shape index (κ1) is 16.6. The fraction of sp³-hybridized carbons (Fsp3) is 0.556. The number of likely N-dealkylation sites (tertiary alicyclic amines) is 1. The number of hydrogen-bond acceptors (Lipinski definition) is 2. The largest absolute Gasteiger partial charge is 0.339 e. The van der Waals surface area contributed by atoms with Gasteiger partial charge in [-0.05, 0) is 49.3 Å². The van der Waals surface area contributed by atoms with Crippen molar-refractivity contribution in [2.24, 2.45) is 11.8 Å². The lowest BCUT2D eigenvalue weighted by molar-refractivity contribution is -0.144. The smallest absolute Gasteiger partial charge is 0.321 e. The standard InChI is InChI=1S/C18H21ClFN3O2/c19-14-5-4-13(20)7-15(14)21-18(25)22-8-11-6-12(10-22)16-2-1-3-17(24)23(16)9-11/h4-5,7,11-12,16H,1-3,6,8-10H2,(H,21,25). The van der Waals surface area contributed by atoms with Gasteiger partial charge >= 0.3 is 6.03 Å². The average Bonchev–Trinajstić information content (AvgIpc) is 2.59. The molecule has 5 nitrogen and oxygen atoms in total. The molecule has 2 bridgehead atoms. The average molecular weight is 366 g/mol. The molecular weight excluding hydrogens is 345 g/mol. The Bertz CT molecular complexity index is 714. The second-order valence-electron chi connectivity index (χ2n) is 7.33. The molecule has 3 aliphatic heterocycles. The molecule has 4 rings (SSSR count). The van der Waals surface area contributed by atoms with E-state index in [1.807, 2.05) is 4.90 Å². The first-order valence-electron chi connectivity index (χ1n) is 8.81. The molecule has 3 atom stereocenters. The zero-order valence-corrected chi connectivity index (χ0v) is 14.6. The number of halogens is 2. The van der Waals surface area contributed by atoms with Crippen LogP contribution in [0.1, 0.15) is 25.7 Å². The van der Waals surface area contributed by atoms with E-state index < -0.39 is 5.82 Å². The first-order chi connectivity index (χ1) is 12.0. The van der Waals surface area contributed by atoms with Crippen molar-refractivity contribution in [1.82, 2.24) is 9.80 Å². The highest BCUT2D eigenvalue weighted by Crippen LogP contribution is 2.38. The third-order valence-electron chi connectivity index (χ3n) is 5.64. The lowest BCUT2D eigenvalue weighted by atomic mass is 9.76. The van der Waals surface area contributed by atoms with Crippen LogP contribution < -0.4 is 5.32 Å². The molecule has 0 radical (unpaired) electrons. The van der Waals surface area contributed by atoms with Gasteiger partial charge in [-0.3, -0.25) is 4.79 Å². The number of rotatable bonds is 1. The molecule has 1 aromatic carbocycles. The number of fused-ring (bicyclic) bond motifs is 4. The minimum atomic E-state index is -0.438. The molecule has 134 valence electrons. The summed E-state index contributed by atoms with van der Waals surface area (Å²) in [7, 11) is 0. The van der Waals surface area contributed by atoms with E-state index in [2.05, 4.69) is 5.32 Å². The van der Waals surface area contributed by atoms with Crippen molar-refractivity contribution in [2.45, 2.75) is 31.7 Å². The Kier molecular flexibility index (Phi) is 4.31. The molecule has 3 fully saturated rings. The van der Waals surface area contributed by atoms with E-state index in [1.54, 1.807) is 4.90 Å². The van der Waals surface area contributed by atoms with Crippen molar-refractivity contribution in [3.8, 4) is 0 Å². The fourth-order valence-electron chi connectivity index (χ4n) is 4.56. The van der Waals surface area contributed by atoms with E-state index >= 15 is 0 Å². The first-order valence-corrected chi connectivity index (χ1v) is 9.19. The van der Waals surface area contributed by atoms with E-state index in [0.29, 0.717) is 36.4 Å². The van der Waals surface area contributed by atoms with Gasteiger partial charge < -0.3 is 15.1 Å². The molecule has 3 saturated heterocycles. The minimum absolute atomic E-state index is 0.252. The molecule has 7 heteroatoms. The number of piperidine rings is 3. The summed E-state index contributed by atoms with van der Waals surface area (Å²) in [6.45, 7) is 1.99. The van der Waals surface area contributed by atoms with Crippen LogP contribution in [0.4, 0.5) is 14.9 Å². The van der Waals surface area contributed by atoms with Crippen LogP contribution in [0.3, 0.4) is 0 Å². The number of urea groups is 1. The molecular formula is C18H21ClFN3O2. The van der Waals surface area contributed by atoms with Crippen molar-refractivity contribution in [1.29, 1.82) is 0 Å². The van der Waals surface area contributed by atoms with Crippen LogP contribution in [0.2, 0.25) is 5.02 Å². The lowest BCUT2D eigenvalue weighted by Gasteiger charge is -2.52. The zero-order chi connectivity index (χ0) is 17.6. The predicted octanol–water partition coefficient (Wildman–Crippen LogP) is 3.34. The van der Waals surface area contributed by atoms with Gasteiger partial charge in [0.2, 0.25) is 5.91 Å². The predicted molar refractivity (Wildman–Crippen MR) is 93.0 cm³/mol. The number of nitrogens with one attached hydrogen (secondary N) is 1. The lowest BCUT2D eigenvalue weighted by Crippen LogP contribution is -2.61. The van der Waals surface area contributed by atoms with Crippen molar-refractivity contribution < 1.29 is 14.0 Å². The summed E-state index contributed by atoms with van der Waals surface area (Å²) in [6, 6.07) is 3.93. The maximum Gasteiger partial charge on any atom is 0.321 e. The second-order valence-corrected chi connectivity index (χ2v) is 7.73. The highest BCUT2D eigenvalue weighted by atomic mass is 35.5. The van der Waals surface area contributed by atoms with Gasteiger partial charge in [0.15, 0.2) is 0 Å². The Balaban J connectivity index is 1.47. The highest BCUT2D eigenvalue weighted by molar-refractivity contribution is 6.33. The Labute approximate surface area is 151 Å². The number of carbonyl (C=O) groups is 2. The van der Waals surface area contributed by atoms with E-state index in [-0.39, 0.29) is 23.7 Å². The molecule has 1 N–H and O–H groups in total. The summed E-state index contributed by atoms with van der Waals surface area (Å²) in [5, 5.41) is 3.04. The summed E-state index contributed by atoms with van der Waals surface area (Å²) in [4.78, 5) is 28.6. The Hall–Kier alpha value is -1.82. The number of benzene rings is 1. The number of hydrogen-bond donors (Lipinski definition) is 1. The third-order valence-corrected chi connectivity index (χ3v) is 5.97. The van der Waals surface area contributed by atoms with Crippen molar-refractivity contribution >= 4 is 29.2 Å². The monoisotopic (exact) mass is 365 g/mol. The molecule has 3 aliphatic rings. The van der Waals surface area contributed by atoms with Gasteiger partial charge in [-0.25, -0.2) is 9.18 Å². The van der Waals surface area contributed by atoms with Gasteiger partial charge in [0.1, 0.15) is 5.82 Å². The summed E-state index contributed by atoms with van der Waals surface area (Å²) < 4.78 is 13.4. The van der Waals surface area contributed by atoms with Gasteiger partial charge in [0.05, 0.1) is 10.7 Å². The van der Waals surface area contributed by atoms with Crippen LogP contribution in [-0.4, -0.2) is 47.4 Å². The highest BCUT2D eigenvalue weighted by Gasteiger charge is 2.44. The molecule has 3 amide bonds. The Morgan fingerprint density at radius 3 is 2.96 bits per heavy atom. The summed E-state index contributed by atoms with van der Waals surface area (Å²) in [5.41, 5.74) is 0.289. The van der Waals surface area contributed by atoms with Gasteiger partial charge in [-0.15, -0.1) is 0 Å². The van der Waals surface area contributed by atoms with Crippen molar-refractivity contribution in [3.63, 3.8) is 0 Å². The maximum absolute atomic E-state index is 13.4. The number of carbonyl (C=O) groups excluding carboxylic acids is 2. The summed E-state index contributed by atoms with van der Waals surface area (Å²) in [5.74, 6) is 0.457. The maximum atomic E-state index is 13.4. The van der Waals surface area contributed by atoms with Crippen LogP contribution in [0, 0.1) is 17.7 Å². The molecule has 0 aromatic heterocycles. The molecule has 3 unspecified atom stereocenters. The van der Waals surface area contributed by atoms with Crippen molar-refractivity contribution in [2.75, 3.05) is 25.0 Å². The fourth-order valence-corrected chi connectivity index (χ4v) is 4.73. The number of anilines is 1. The SMILES string of the molecule is O=C(Nc1cc(F)ccc1Cl)N1CC2CC(C1)C1CCCC(=O)N1C2. The third kappa shape index (κ3) is 3.19. The Morgan fingerprint density at radius 2 is 2.12 bits per heavy atom. The molecule has 0 spiro atoms. The molecule has 0 aliphatic carbocycles. The van der Waals surface area contributed by atoms with E-state index in [9.17, 15) is 14.0 Å². The summed E-state index contributed by atoms with van der Waals surface area (Å²) >= 11 is 6.04. The van der Waals surface area contributed by atoms with Crippen LogP contribution >= 0.6 is 11.6 Å². The number of amides is 3. The van der Waals surface area contributed by atoms with Gasteiger partial charge in [-0.2, -0.15) is 0 Å². The van der Waals surface area contributed by atoms with E-state index in [4.69, 9.17) is 11.6 Å². The van der Waals surface area contributed by atoms with Crippen LogP contribution in [-0.2, 0) is 4.79 Å². The normalized spacial score (nSPS) is 28.6. The van der Waals surface area contributed by atoms with E-state index in [1.165, 1.54) is 18.2 Å². The molecule has 25 heavy (non-hydrogen) atoms. The second kappa shape index (κ2) is 6.48. The van der Waals surface area contributed by atoms with Crippen molar-refractivity contribution in [3.05, 3.63) is 29.0 Å². The molecule has 0 saturated carbocycles. The molecule has 3 heterocycles. The molecule has 1 aromatic rings. The zero-order valence-electron chi connectivity index (χ0n) is 13.9. The summed E-state index contributed by atoms with van der Waals surface area (Å²) in [6.07, 6.45) is 3.68. The topological polar surface area (TPSA) is 52.7 Å². The van der Waals surface area contributed by atoms with Crippen LogP contribution in [0.25, 0.3) is 0 Å². The minimum Gasteiger partial charge on any atom is -0.339 e. The van der Waals surface area contributed by atoms with Crippen LogP contribution in [0.5, 0.6) is 0 Å². The van der Waals surface area contributed by atoms with Gasteiger partial charge in [0.25, 0.3) is 0 Å². The van der Waals surface area contributed by atoms with Crippen LogP contribution in [0.15, 0.2) is 18.2 Å². The number of nitrogens with zero attached hydrogens (tertiary/aromatic N) is 2. The Morgan fingerprint density at radius 1 is 1.28 bits per heavy atom. The van der Waals surface area contributed by atoms with E-state index in [0.717, 1.165) is 25.8 Å². The van der Waals surface area contributed by atoms with Gasteiger partial charge in [0, 0.05) is 32.1 Å². The quantitative estimate of drug-likeness (QED) is 0.829.